The number of carbonyl (C=O) groups is 2. The van der Waals surface area contributed by atoms with Gasteiger partial charge < -0.3 is 14.6 Å². The van der Waals surface area contributed by atoms with Crippen LogP contribution in [0.5, 0.6) is 0 Å². The third kappa shape index (κ3) is 32.3. The minimum atomic E-state index is -0.793. The van der Waals surface area contributed by atoms with E-state index in [1.807, 2.05) is 0 Å². The molecule has 0 rings (SSSR count). The van der Waals surface area contributed by atoms with E-state index in [0.717, 1.165) is 83.5 Å². The van der Waals surface area contributed by atoms with E-state index in [1.165, 1.54) is 32.1 Å². The lowest BCUT2D eigenvalue weighted by Crippen LogP contribution is -2.28. The smallest absolute Gasteiger partial charge is 0.306 e. The van der Waals surface area contributed by atoms with Gasteiger partial charge in [-0.15, -0.1) is 0 Å². The van der Waals surface area contributed by atoms with E-state index in [-0.39, 0.29) is 25.2 Å². The van der Waals surface area contributed by atoms with Crippen molar-refractivity contribution in [2.75, 3.05) is 13.2 Å². The summed E-state index contributed by atoms with van der Waals surface area (Å²) in [6.07, 6.45) is 45.3. The molecule has 0 spiro atoms. The van der Waals surface area contributed by atoms with Crippen molar-refractivity contribution in [1.29, 1.82) is 0 Å². The van der Waals surface area contributed by atoms with Gasteiger partial charge in [0, 0.05) is 12.8 Å². The SMILES string of the molecule is CCC=CCC=CCC=CCC=CCC=CCCCCCC(=O)OC(CO)COC(=O)CCCCCCCC=CCCCC. The van der Waals surface area contributed by atoms with Gasteiger partial charge in [0.15, 0.2) is 6.10 Å². The maximum atomic E-state index is 12.1. The van der Waals surface area contributed by atoms with Gasteiger partial charge in [0.05, 0.1) is 6.61 Å². The Balaban J connectivity index is 3.70. The summed E-state index contributed by atoms with van der Waals surface area (Å²) in [6.45, 7) is 3.92. The molecule has 0 saturated carbocycles. The molecule has 0 aliphatic carbocycles. The van der Waals surface area contributed by atoms with Gasteiger partial charge in [0.2, 0.25) is 0 Å². The second-order valence-electron chi connectivity index (χ2n) is 11.2. The molecule has 0 bridgehead atoms. The van der Waals surface area contributed by atoms with E-state index in [9.17, 15) is 14.7 Å². The summed E-state index contributed by atoms with van der Waals surface area (Å²) in [5.74, 6) is -0.649. The molecule has 5 heteroatoms. The molecule has 0 amide bonds. The van der Waals surface area contributed by atoms with Crippen molar-refractivity contribution in [3.8, 4) is 0 Å². The summed E-state index contributed by atoms with van der Waals surface area (Å²) in [4.78, 5) is 24.1. The fraction of sp³-hybridized carbons (Fsp3) is 0.641. The fourth-order valence-corrected chi connectivity index (χ4v) is 4.32. The molecule has 0 fully saturated rings. The number of esters is 2. The first-order valence-electron chi connectivity index (χ1n) is 17.5. The topological polar surface area (TPSA) is 72.8 Å². The van der Waals surface area contributed by atoms with Crippen LogP contribution in [0.3, 0.4) is 0 Å². The Morgan fingerprint density at radius 2 is 0.977 bits per heavy atom. The van der Waals surface area contributed by atoms with E-state index < -0.39 is 6.10 Å². The molecular formula is C39H64O5. The first-order valence-corrected chi connectivity index (χ1v) is 17.5. The van der Waals surface area contributed by atoms with Crippen molar-refractivity contribution in [1.82, 2.24) is 0 Å². The third-order valence-corrected chi connectivity index (χ3v) is 6.98. The lowest BCUT2D eigenvalue weighted by atomic mass is 10.1. The highest BCUT2D eigenvalue weighted by atomic mass is 16.6. The van der Waals surface area contributed by atoms with Crippen LogP contribution >= 0.6 is 0 Å². The molecule has 0 aromatic heterocycles. The fourth-order valence-electron chi connectivity index (χ4n) is 4.32. The van der Waals surface area contributed by atoms with Crippen LogP contribution in [0.1, 0.15) is 142 Å². The second kappa shape index (κ2) is 34.8. The number of aliphatic hydroxyl groups excluding tert-OH is 1. The Labute approximate surface area is 270 Å². The van der Waals surface area contributed by atoms with Crippen LogP contribution in [0.2, 0.25) is 0 Å². The molecule has 0 aliphatic heterocycles. The number of aliphatic hydroxyl groups is 1. The molecule has 0 saturated heterocycles. The van der Waals surface area contributed by atoms with Crippen molar-refractivity contribution in [2.45, 2.75) is 148 Å². The standard InChI is InChI=1S/C39H64O5/c1-3-5-7-9-11-13-15-16-17-18-19-20-21-22-24-26-28-30-32-34-39(42)44-37(35-40)36-43-38(41)33-31-29-27-25-23-14-12-10-8-6-4-2/h5,7,10-13,16-17,19-20,22,24,37,40H,3-4,6,8-9,14-15,18,21,23,25-36H2,1-2H3. The number of ether oxygens (including phenoxy) is 2. The molecule has 0 aromatic rings. The maximum Gasteiger partial charge on any atom is 0.306 e. The molecule has 250 valence electrons. The molecule has 0 radical (unpaired) electrons. The van der Waals surface area contributed by atoms with Crippen molar-refractivity contribution in [3.05, 3.63) is 72.9 Å². The molecule has 44 heavy (non-hydrogen) atoms. The predicted molar refractivity (Wildman–Crippen MR) is 186 cm³/mol. The first kappa shape index (κ1) is 41.3. The Hall–Kier alpha value is -2.66. The van der Waals surface area contributed by atoms with Gasteiger partial charge in [-0.1, -0.05) is 125 Å². The zero-order valence-electron chi connectivity index (χ0n) is 28.1. The first-order chi connectivity index (χ1) is 21.6. The van der Waals surface area contributed by atoms with Gasteiger partial charge in [-0.05, 0) is 77.0 Å². The molecule has 1 atom stereocenters. The number of rotatable bonds is 30. The molecule has 0 aliphatic rings. The normalized spacial score (nSPS) is 13.1. The van der Waals surface area contributed by atoms with Gasteiger partial charge in [0.25, 0.3) is 0 Å². The molecule has 0 heterocycles. The van der Waals surface area contributed by atoms with Crippen LogP contribution in [0.4, 0.5) is 0 Å². The molecule has 1 N–H and O–H groups in total. The highest BCUT2D eigenvalue weighted by molar-refractivity contribution is 5.70. The van der Waals surface area contributed by atoms with Crippen molar-refractivity contribution < 1.29 is 24.2 Å². The maximum absolute atomic E-state index is 12.1. The predicted octanol–water partition coefficient (Wildman–Crippen LogP) is 10.6. The monoisotopic (exact) mass is 612 g/mol. The summed E-state index contributed by atoms with van der Waals surface area (Å²) >= 11 is 0. The van der Waals surface area contributed by atoms with E-state index >= 15 is 0 Å². The van der Waals surface area contributed by atoms with Crippen LogP contribution < -0.4 is 0 Å². The van der Waals surface area contributed by atoms with Crippen LogP contribution in [0, 0.1) is 0 Å². The second-order valence-corrected chi connectivity index (χ2v) is 11.2. The number of hydrogen-bond acceptors (Lipinski definition) is 5. The highest BCUT2D eigenvalue weighted by Gasteiger charge is 2.16. The van der Waals surface area contributed by atoms with Crippen molar-refractivity contribution >= 4 is 11.9 Å². The summed E-state index contributed by atoms with van der Waals surface area (Å²) in [5.41, 5.74) is 0. The molecule has 5 nitrogen and oxygen atoms in total. The highest BCUT2D eigenvalue weighted by Crippen LogP contribution is 2.10. The van der Waals surface area contributed by atoms with Crippen LogP contribution in [-0.2, 0) is 19.1 Å². The van der Waals surface area contributed by atoms with Gasteiger partial charge in [-0.25, -0.2) is 0 Å². The van der Waals surface area contributed by atoms with Gasteiger partial charge in [-0.2, -0.15) is 0 Å². The van der Waals surface area contributed by atoms with Crippen LogP contribution in [0.25, 0.3) is 0 Å². The molecule has 0 aromatic carbocycles. The lowest BCUT2D eigenvalue weighted by molar-refractivity contribution is -0.161. The van der Waals surface area contributed by atoms with Gasteiger partial charge in [0.1, 0.15) is 6.61 Å². The van der Waals surface area contributed by atoms with Gasteiger partial charge >= 0.3 is 11.9 Å². The average Bonchev–Trinajstić information content (AvgIpc) is 3.02. The quantitative estimate of drug-likeness (QED) is 0.0496. The van der Waals surface area contributed by atoms with Crippen LogP contribution in [-0.4, -0.2) is 36.4 Å². The third-order valence-electron chi connectivity index (χ3n) is 6.98. The Kier molecular flexibility index (Phi) is 32.7. The summed E-state index contributed by atoms with van der Waals surface area (Å²) < 4.78 is 10.5. The van der Waals surface area contributed by atoms with E-state index in [2.05, 4.69) is 86.8 Å². The average molecular weight is 613 g/mol. The number of allylic oxidation sites excluding steroid dienone is 12. The van der Waals surface area contributed by atoms with Crippen molar-refractivity contribution in [3.63, 3.8) is 0 Å². The Morgan fingerprint density at radius 3 is 1.52 bits per heavy atom. The van der Waals surface area contributed by atoms with E-state index in [0.29, 0.717) is 12.8 Å². The number of hydrogen-bond donors (Lipinski definition) is 1. The zero-order valence-corrected chi connectivity index (χ0v) is 28.1. The van der Waals surface area contributed by atoms with E-state index in [1.54, 1.807) is 0 Å². The Bertz CT molecular complexity index is 833. The van der Waals surface area contributed by atoms with Crippen LogP contribution in [0.15, 0.2) is 72.9 Å². The summed E-state index contributed by atoms with van der Waals surface area (Å²) in [6, 6.07) is 0. The Morgan fingerprint density at radius 1 is 0.545 bits per heavy atom. The van der Waals surface area contributed by atoms with Gasteiger partial charge in [-0.3, -0.25) is 9.59 Å². The molecular weight excluding hydrogens is 548 g/mol. The number of carbonyl (C=O) groups excluding carboxylic acids is 2. The number of unbranched alkanes of at least 4 members (excludes halogenated alkanes) is 10. The van der Waals surface area contributed by atoms with E-state index in [4.69, 9.17) is 9.47 Å². The lowest BCUT2D eigenvalue weighted by Gasteiger charge is -2.15. The molecule has 1 unspecified atom stereocenters. The zero-order chi connectivity index (χ0) is 32.2. The largest absolute Gasteiger partial charge is 0.462 e. The minimum Gasteiger partial charge on any atom is -0.462 e. The minimum absolute atomic E-state index is 0.0878. The van der Waals surface area contributed by atoms with Crippen molar-refractivity contribution in [2.24, 2.45) is 0 Å². The summed E-state index contributed by atoms with van der Waals surface area (Å²) in [5, 5.41) is 9.51. The summed E-state index contributed by atoms with van der Waals surface area (Å²) in [7, 11) is 0.